The number of aromatic nitrogens is 1. The lowest BCUT2D eigenvalue weighted by Crippen LogP contribution is -2.47. The van der Waals surface area contributed by atoms with Crippen molar-refractivity contribution in [1.82, 2.24) is 14.6 Å². The average molecular weight is 808 g/mol. The van der Waals surface area contributed by atoms with Crippen LogP contribution in [-0.2, 0) is 33.9 Å². The second-order valence-corrected chi connectivity index (χ2v) is 19.3. The van der Waals surface area contributed by atoms with Crippen LogP contribution in [0.15, 0.2) is 67.3 Å². The second-order valence-electron chi connectivity index (χ2n) is 17.4. The van der Waals surface area contributed by atoms with E-state index in [9.17, 15) is 27.6 Å². The summed E-state index contributed by atoms with van der Waals surface area (Å²) in [5.41, 5.74) is 3.12. The van der Waals surface area contributed by atoms with Crippen molar-refractivity contribution in [2.24, 2.45) is 29.1 Å². The number of amides is 2. The van der Waals surface area contributed by atoms with Crippen molar-refractivity contribution < 1.29 is 37.1 Å². The standard InChI is InChI=1S/C46H53N3O8S/c1-4-33-24-46(33,45(53)48-58(54,55)35-17-18-35)25-41(50)40-21-34-26-49(40)44(52)36(30-12-8-9-13-30)22-43(51)56-27-28(2)11-10-16-32-20-37-39(19-29(32)3)47-38(23-42(37)57-34)31-14-6-5-7-15-31/h4-7,10,14-16,19-20,23,28,30,33-36,40H,1,8-9,11-13,17-18,21-22,24-27H2,2-3H3,(H,48,53)/b16-10+/t28?,33-,34-,36+,40+,46-/m1/s1. The largest absolute Gasteiger partial charge is 0.488 e. The van der Waals surface area contributed by atoms with Crippen LogP contribution in [0.5, 0.6) is 5.75 Å². The summed E-state index contributed by atoms with van der Waals surface area (Å²) in [6.07, 6.45) is 10.4. The number of esters is 1. The van der Waals surface area contributed by atoms with Gasteiger partial charge in [-0.15, -0.1) is 6.58 Å². The average Bonchev–Trinajstić information content (AvgIpc) is 4.08. The summed E-state index contributed by atoms with van der Waals surface area (Å²) < 4.78 is 40.7. The van der Waals surface area contributed by atoms with Crippen molar-refractivity contribution in [3.05, 3.63) is 78.4 Å². The Kier molecular flexibility index (Phi) is 11.1. The molecule has 306 valence electrons. The fourth-order valence-electron chi connectivity index (χ4n) is 9.31. The van der Waals surface area contributed by atoms with E-state index < -0.39 is 50.6 Å². The van der Waals surface area contributed by atoms with Crippen LogP contribution in [-0.4, -0.2) is 72.4 Å². The van der Waals surface area contributed by atoms with Gasteiger partial charge in [0.15, 0.2) is 5.78 Å². The van der Waals surface area contributed by atoms with Crippen molar-refractivity contribution in [1.29, 1.82) is 0 Å². The van der Waals surface area contributed by atoms with E-state index in [1.54, 1.807) is 11.0 Å². The number of Topliss-reactive ketones (excluding diaryl/α,β-unsaturated/α-hetero) is 1. The lowest BCUT2D eigenvalue weighted by molar-refractivity contribution is -0.152. The maximum Gasteiger partial charge on any atom is 0.306 e. The molecule has 1 N–H and O–H groups in total. The monoisotopic (exact) mass is 807 g/mol. The van der Waals surface area contributed by atoms with Gasteiger partial charge >= 0.3 is 5.97 Å². The molecule has 11 nitrogen and oxygen atoms in total. The number of sulfonamides is 1. The smallest absolute Gasteiger partial charge is 0.306 e. The number of rotatable bonds is 9. The van der Waals surface area contributed by atoms with Gasteiger partial charge in [0.25, 0.3) is 0 Å². The zero-order valence-corrected chi connectivity index (χ0v) is 34.2. The van der Waals surface area contributed by atoms with Gasteiger partial charge in [0, 0.05) is 29.9 Å². The molecular weight excluding hydrogens is 755 g/mol. The minimum atomic E-state index is -3.85. The number of nitrogens with one attached hydrogen (secondary N) is 1. The maximum absolute atomic E-state index is 14.9. The van der Waals surface area contributed by atoms with Gasteiger partial charge in [0.2, 0.25) is 21.8 Å². The quantitative estimate of drug-likeness (QED) is 0.176. The topological polar surface area (TPSA) is 149 Å². The van der Waals surface area contributed by atoms with Crippen molar-refractivity contribution in [3.8, 4) is 17.0 Å². The van der Waals surface area contributed by atoms with Gasteiger partial charge in [-0.05, 0) is 86.5 Å². The molecule has 2 aromatic carbocycles. The number of aryl methyl sites for hydroxylation is 1. The predicted molar refractivity (Wildman–Crippen MR) is 221 cm³/mol. The molecule has 8 rings (SSSR count). The number of cyclic esters (lactones) is 1. The molecule has 4 fully saturated rings. The molecule has 58 heavy (non-hydrogen) atoms. The van der Waals surface area contributed by atoms with E-state index in [-0.39, 0.29) is 68.3 Å². The molecule has 0 radical (unpaired) electrons. The van der Waals surface area contributed by atoms with Crippen LogP contribution >= 0.6 is 0 Å². The number of nitrogens with zero attached hydrogens (tertiary/aromatic N) is 2. The molecule has 3 saturated carbocycles. The third-order valence-corrected chi connectivity index (χ3v) is 14.9. The zero-order chi connectivity index (χ0) is 40.8. The molecule has 3 aromatic rings. The van der Waals surface area contributed by atoms with E-state index in [1.165, 1.54) is 0 Å². The molecule has 12 heteroatoms. The Hall–Kier alpha value is -4.84. The van der Waals surface area contributed by atoms with Gasteiger partial charge in [-0.25, -0.2) is 13.4 Å². The van der Waals surface area contributed by atoms with Crippen LogP contribution in [0.25, 0.3) is 28.2 Å². The Balaban J connectivity index is 1.18. The van der Waals surface area contributed by atoms with Gasteiger partial charge in [-0.1, -0.05) is 68.3 Å². The molecule has 3 aliphatic carbocycles. The van der Waals surface area contributed by atoms with Crippen LogP contribution in [0.3, 0.4) is 0 Å². The number of fused-ring (bicyclic) bond motifs is 3. The molecule has 2 amide bonds. The maximum atomic E-state index is 14.9. The van der Waals surface area contributed by atoms with Crippen LogP contribution < -0.4 is 9.46 Å². The fourth-order valence-corrected chi connectivity index (χ4v) is 10.7. The fraction of sp³-hybridized carbons (Fsp3) is 0.500. The van der Waals surface area contributed by atoms with Gasteiger partial charge in [-0.2, -0.15) is 0 Å². The van der Waals surface area contributed by atoms with E-state index in [4.69, 9.17) is 14.5 Å². The van der Waals surface area contributed by atoms with E-state index in [0.29, 0.717) is 25.0 Å². The number of hydrogen-bond acceptors (Lipinski definition) is 9. The van der Waals surface area contributed by atoms with Gasteiger partial charge < -0.3 is 14.4 Å². The van der Waals surface area contributed by atoms with E-state index >= 15 is 0 Å². The summed E-state index contributed by atoms with van der Waals surface area (Å²) in [4.78, 5) is 63.4. The number of hydrogen-bond donors (Lipinski definition) is 1. The van der Waals surface area contributed by atoms with Crippen molar-refractivity contribution in [2.45, 2.75) is 102 Å². The Morgan fingerprint density at radius 3 is 2.53 bits per heavy atom. The molecule has 2 aliphatic heterocycles. The van der Waals surface area contributed by atoms with Crippen molar-refractivity contribution >= 4 is 50.6 Å². The molecular formula is C46H53N3O8S. The Bertz CT molecular complexity index is 2260. The molecule has 1 aromatic heterocycles. The summed E-state index contributed by atoms with van der Waals surface area (Å²) in [6.45, 7) is 8.24. The lowest BCUT2D eigenvalue weighted by atomic mass is 9.86. The summed E-state index contributed by atoms with van der Waals surface area (Å²) in [5, 5.41) is 0.193. The number of carbonyl (C=O) groups is 4. The molecule has 4 bridgehead atoms. The Morgan fingerprint density at radius 2 is 1.83 bits per heavy atom. The number of ether oxygens (including phenoxy) is 2. The normalized spacial score (nSPS) is 28.7. The number of benzene rings is 2. The number of carbonyl (C=O) groups excluding carboxylic acids is 4. The van der Waals surface area contributed by atoms with Gasteiger partial charge in [-0.3, -0.25) is 23.9 Å². The van der Waals surface area contributed by atoms with E-state index in [0.717, 1.165) is 59.0 Å². The highest BCUT2D eigenvalue weighted by atomic mass is 32.2. The lowest BCUT2D eigenvalue weighted by Gasteiger charge is -2.31. The summed E-state index contributed by atoms with van der Waals surface area (Å²) in [6, 6.07) is 14.9. The highest BCUT2D eigenvalue weighted by molar-refractivity contribution is 7.90. The van der Waals surface area contributed by atoms with E-state index in [2.05, 4.69) is 29.5 Å². The molecule has 0 spiro atoms. The highest BCUT2D eigenvalue weighted by Gasteiger charge is 2.61. The predicted octanol–water partition coefficient (Wildman–Crippen LogP) is 7.11. The first kappa shape index (κ1) is 40.0. The molecule has 6 atom stereocenters. The SMILES string of the molecule is C=C[C@@H]1C[C@]1(CC(=O)[C@@H]1C[C@@H]2CN1C(=O)[C@H](C1CCCC1)CC(=O)OCC(C)C/C=C/c1cc3c(cc(-c4ccccc4)nc3cc1C)O2)C(=O)NS(=O)(=O)C1CC1. The summed E-state index contributed by atoms with van der Waals surface area (Å²) in [5.74, 6) is -2.27. The number of pyridine rings is 1. The zero-order valence-electron chi connectivity index (χ0n) is 33.4. The summed E-state index contributed by atoms with van der Waals surface area (Å²) >= 11 is 0. The number of allylic oxidation sites excluding steroid dienone is 2. The first-order valence-electron chi connectivity index (χ1n) is 20.9. The van der Waals surface area contributed by atoms with E-state index in [1.807, 2.05) is 56.3 Å². The van der Waals surface area contributed by atoms with Crippen molar-refractivity contribution in [3.63, 3.8) is 0 Å². The van der Waals surface area contributed by atoms with Crippen LogP contribution in [0.2, 0.25) is 0 Å². The van der Waals surface area contributed by atoms with Crippen molar-refractivity contribution in [2.75, 3.05) is 13.2 Å². The molecule has 5 aliphatic rings. The molecule has 1 saturated heterocycles. The third kappa shape index (κ3) is 8.22. The number of ketones is 1. The highest BCUT2D eigenvalue weighted by Crippen LogP contribution is 2.57. The van der Waals surface area contributed by atoms with Crippen LogP contribution in [0, 0.1) is 36.0 Å². The third-order valence-electron chi connectivity index (χ3n) is 13.0. The molecule has 1 unspecified atom stereocenters. The summed E-state index contributed by atoms with van der Waals surface area (Å²) in [7, 11) is -3.85. The Morgan fingerprint density at radius 1 is 1.07 bits per heavy atom. The van der Waals surface area contributed by atoms with Gasteiger partial charge in [0.1, 0.15) is 11.9 Å². The first-order chi connectivity index (χ1) is 27.8. The van der Waals surface area contributed by atoms with Crippen LogP contribution in [0.1, 0.15) is 88.7 Å². The van der Waals surface area contributed by atoms with Crippen LogP contribution in [0.4, 0.5) is 0 Å². The van der Waals surface area contributed by atoms with Gasteiger partial charge in [0.05, 0.1) is 53.4 Å². The first-order valence-corrected chi connectivity index (χ1v) is 22.4. The minimum absolute atomic E-state index is 0.0423. The molecule has 3 heterocycles. The second kappa shape index (κ2) is 16.1. The minimum Gasteiger partial charge on any atom is -0.488 e. The Labute approximate surface area is 340 Å².